The molecule has 0 aliphatic heterocycles. The smallest absolute Gasteiger partial charge is 0.346 e. The predicted molar refractivity (Wildman–Crippen MR) is 82.6 cm³/mol. The van der Waals surface area contributed by atoms with E-state index in [1.54, 1.807) is 11.6 Å². The summed E-state index contributed by atoms with van der Waals surface area (Å²) in [4.78, 5) is 11.2. The summed E-state index contributed by atoms with van der Waals surface area (Å²) in [5.74, 6) is -1.82. The van der Waals surface area contributed by atoms with Crippen LogP contribution in [0, 0.1) is 5.82 Å². The number of rotatable bonds is 8. The molecular weight excluding hydrogens is 372 g/mol. The molecule has 1 aromatic carbocycles. The molecule has 0 bridgehead atoms. The first-order valence-corrected chi connectivity index (χ1v) is 9.55. The van der Waals surface area contributed by atoms with Gasteiger partial charge in [0.05, 0.1) is 0 Å². The summed E-state index contributed by atoms with van der Waals surface area (Å²) in [5, 5.41) is 1.63. The molecule has 0 unspecified atom stereocenters. The Morgan fingerprint density at radius 2 is 1.92 bits per heavy atom. The number of carbonyl (C=O) groups excluding carboxylic acids is 1. The molecule has 0 saturated heterocycles. The van der Waals surface area contributed by atoms with Gasteiger partial charge < -0.3 is 5.32 Å². The Morgan fingerprint density at radius 1 is 1.29 bits per heavy atom. The monoisotopic (exact) mass is 388 g/mol. The van der Waals surface area contributed by atoms with Crippen LogP contribution in [0.3, 0.4) is 0 Å². The minimum Gasteiger partial charge on any atom is -0.346 e. The first-order valence-electron chi connectivity index (χ1n) is 6.67. The minimum atomic E-state index is -4.62. The highest BCUT2D eigenvalue weighted by Gasteiger charge is 2.31. The van der Waals surface area contributed by atoms with Crippen LogP contribution in [-0.2, 0) is 14.8 Å². The molecule has 0 spiro atoms. The molecular formula is C13H16F4N2O3S2. The third kappa shape index (κ3) is 6.65. The van der Waals surface area contributed by atoms with Crippen LogP contribution in [0.2, 0.25) is 0 Å². The number of amides is 1. The highest BCUT2D eigenvalue weighted by atomic mass is 32.2. The second kappa shape index (κ2) is 8.67. The van der Waals surface area contributed by atoms with Gasteiger partial charge >= 0.3 is 6.18 Å². The molecule has 0 aromatic heterocycles. The van der Waals surface area contributed by atoms with E-state index in [-0.39, 0.29) is 6.42 Å². The summed E-state index contributed by atoms with van der Waals surface area (Å²) < 4.78 is 76.5. The van der Waals surface area contributed by atoms with Crippen LogP contribution < -0.4 is 10.0 Å². The largest absolute Gasteiger partial charge is 0.405 e. The molecule has 2 N–H and O–H groups in total. The van der Waals surface area contributed by atoms with E-state index in [1.165, 1.54) is 23.9 Å². The molecule has 0 aliphatic carbocycles. The van der Waals surface area contributed by atoms with Gasteiger partial charge in [0.2, 0.25) is 15.9 Å². The first-order chi connectivity index (χ1) is 11.1. The summed E-state index contributed by atoms with van der Waals surface area (Å²) in [7, 11) is -4.40. The lowest BCUT2D eigenvalue weighted by Crippen LogP contribution is -2.49. The van der Waals surface area contributed by atoms with Crippen molar-refractivity contribution in [2.24, 2.45) is 0 Å². The summed E-state index contributed by atoms with van der Waals surface area (Å²) >= 11 is 1.28. The van der Waals surface area contributed by atoms with Gasteiger partial charge in [0, 0.05) is 0 Å². The molecule has 24 heavy (non-hydrogen) atoms. The number of thioether (sulfide) groups is 1. The first kappa shape index (κ1) is 20.7. The fourth-order valence-electron chi connectivity index (χ4n) is 1.70. The van der Waals surface area contributed by atoms with Gasteiger partial charge in [-0.05, 0) is 30.6 Å². The molecule has 0 fully saturated rings. The Morgan fingerprint density at radius 3 is 2.46 bits per heavy atom. The molecule has 0 heterocycles. The average molecular weight is 388 g/mol. The van der Waals surface area contributed by atoms with E-state index in [0.717, 1.165) is 12.1 Å². The predicted octanol–water partition coefficient (Wildman–Crippen LogP) is 1.90. The summed E-state index contributed by atoms with van der Waals surface area (Å²) in [6.45, 7) is -1.58. The summed E-state index contributed by atoms with van der Waals surface area (Å²) in [6, 6.07) is 3.06. The van der Waals surface area contributed by atoms with E-state index in [9.17, 15) is 30.8 Å². The van der Waals surface area contributed by atoms with Crippen LogP contribution in [0.1, 0.15) is 6.42 Å². The number of sulfonamides is 1. The molecule has 1 atom stereocenters. The fraction of sp³-hybridized carbons (Fsp3) is 0.462. The normalized spacial score (nSPS) is 13.5. The molecule has 11 heteroatoms. The molecule has 1 amide bonds. The van der Waals surface area contributed by atoms with E-state index in [0.29, 0.717) is 5.75 Å². The second-order valence-electron chi connectivity index (χ2n) is 4.72. The van der Waals surface area contributed by atoms with Crippen LogP contribution in [0.4, 0.5) is 17.6 Å². The van der Waals surface area contributed by atoms with Gasteiger partial charge in [0.25, 0.3) is 0 Å². The van der Waals surface area contributed by atoms with Gasteiger partial charge in [-0.2, -0.15) is 29.7 Å². The van der Waals surface area contributed by atoms with E-state index in [1.807, 2.05) is 4.72 Å². The van der Waals surface area contributed by atoms with Crippen molar-refractivity contribution in [2.45, 2.75) is 23.5 Å². The van der Waals surface area contributed by atoms with Gasteiger partial charge in [0.1, 0.15) is 23.3 Å². The zero-order valence-electron chi connectivity index (χ0n) is 12.6. The van der Waals surface area contributed by atoms with Crippen LogP contribution in [0.5, 0.6) is 0 Å². The summed E-state index contributed by atoms with van der Waals surface area (Å²) in [6.07, 6.45) is -2.97. The standard InChI is InChI=1S/C13H16F4N2O3S2/c1-23-7-6-10(12(20)18-8-13(15,16)17)19-24(21,22)11-5-3-2-4-9(11)14/h2-5,10,19H,6-8H2,1H3,(H,18,20)/t10-/m1/s1. The molecule has 136 valence electrons. The Hall–Kier alpha value is -1.33. The molecule has 1 aromatic rings. The van der Waals surface area contributed by atoms with Crippen molar-refractivity contribution in [2.75, 3.05) is 18.6 Å². The van der Waals surface area contributed by atoms with Crippen molar-refractivity contribution in [3.63, 3.8) is 0 Å². The lowest BCUT2D eigenvalue weighted by atomic mass is 10.2. The maximum atomic E-state index is 13.6. The Bertz CT molecular complexity index is 665. The number of hydrogen-bond acceptors (Lipinski definition) is 4. The SMILES string of the molecule is CSCC[C@@H](NS(=O)(=O)c1ccccc1F)C(=O)NCC(F)(F)F. The van der Waals surface area contributed by atoms with Crippen LogP contribution in [0.25, 0.3) is 0 Å². The molecule has 0 aliphatic rings. The van der Waals surface area contributed by atoms with Crippen molar-refractivity contribution in [1.29, 1.82) is 0 Å². The van der Waals surface area contributed by atoms with Gasteiger partial charge in [-0.15, -0.1) is 0 Å². The highest BCUT2D eigenvalue weighted by Crippen LogP contribution is 2.16. The minimum absolute atomic E-state index is 0.0431. The maximum absolute atomic E-state index is 13.6. The van der Waals surface area contributed by atoms with Gasteiger partial charge in [0.15, 0.2) is 0 Å². The number of benzene rings is 1. The van der Waals surface area contributed by atoms with Crippen molar-refractivity contribution in [3.8, 4) is 0 Å². The van der Waals surface area contributed by atoms with E-state index >= 15 is 0 Å². The Balaban J connectivity index is 2.92. The summed E-state index contributed by atoms with van der Waals surface area (Å²) in [5.41, 5.74) is 0. The third-order valence-corrected chi connectivity index (χ3v) is 4.96. The van der Waals surface area contributed by atoms with Crippen molar-refractivity contribution >= 4 is 27.7 Å². The zero-order valence-corrected chi connectivity index (χ0v) is 14.2. The maximum Gasteiger partial charge on any atom is 0.405 e. The second-order valence-corrected chi connectivity index (χ2v) is 7.39. The highest BCUT2D eigenvalue weighted by molar-refractivity contribution is 7.98. The lowest BCUT2D eigenvalue weighted by molar-refractivity contribution is -0.139. The molecule has 0 saturated carbocycles. The van der Waals surface area contributed by atoms with Crippen molar-refractivity contribution in [1.82, 2.24) is 10.0 Å². The van der Waals surface area contributed by atoms with Gasteiger partial charge in [-0.1, -0.05) is 12.1 Å². The Labute approximate surface area is 141 Å². The van der Waals surface area contributed by atoms with Crippen LogP contribution >= 0.6 is 11.8 Å². The average Bonchev–Trinajstić information content (AvgIpc) is 2.48. The van der Waals surface area contributed by atoms with Gasteiger partial charge in [-0.3, -0.25) is 4.79 Å². The zero-order chi connectivity index (χ0) is 18.4. The Kier molecular flexibility index (Phi) is 7.49. The number of nitrogens with one attached hydrogen (secondary N) is 2. The van der Waals surface area contributed by atoms with E-state index in [4.69, 9.17) is 0 Å². The number of alkyl halides is 3. The van der Waals surface area contributed by atoms with Crippen LogP contribution in [0.15, 0.2) is 29.2 Å². The number of halogens is 4. The molecule has 0 radical (unpaired) electrons. The van der Waals surface area contributed by atoms with Crippen molar-refractivity contribution < 1.29 is 30.8 Å². The van der Waals surface area contributed by atoms with Gasteiger partial charge in [-0.25, -0.2) is 12.8 Å². The quantitative estimate of drug-likeness (QED) is 0.667. The number of carbonyl (C=O) groups is 1. The van der Waals surface area contributed by atoms with Crippen molar-refractivity contribution in [3.05, 3.63) is 30.1 Å². The van der Waals surface area contributed by atoms with E-state index < -0.39 is 45.4 Å². The molecule has 5 nitrogen and oxygen atoms in total. The third-order valence-electron chi connectivity index (χ3n) is 2.81. The van der Waals surface area contributed by atoms with E-state index in [2.05, 4.69) is 0 Å². The number of hydrogen-bond donors (Lipinski definition) is 2. The topological polar surface area (TPSA) is 75.3 Å². The van der Waals surface area contributed by atoms with Crippen LogP contribution in [-0.4, -0.2) is 45.1 Å². The lowest BCUT2D eigenvalue weighted by Gasteiger charge is -2.19. The molecule has 1 rings (SSSR count). The fourth-order valence-corrected chi connectivity index (χ4v) is 3.48.